The zero-order chi connectivity index (χ0) is 15.8. The summed E-state index contributed by atoms with van der Waals surface area (Å²) >= 11 is 0. The quantitative estimate of drug-likeness (QED) is 0.699. The number of aromatic nitrogens is 2. The molecule has 0 radical (unpaired) electrons. The first-order valence-electron chi connectivity index (χ1n) is 5.39. The fourth-order valence-electron chi connectivity index (χ4n) is 1.63. The Morgan fingerprint density at radius 3 is 2.10 bits per heavy atom. The summed E-state index contributed by atoms with van der Waals surface area (Å²) in [4.78, 5) is 22.2. The van der Waals surface area contributed by atoms with E-state index in [2.05, 4.69) is 0 Å². The number of para-hydroxylation sites is 1. The molecule has 0 saturated heterocycles. The van der Waals surface area contributed by atoms with E-state index < -0.39 is 29.0 Å². The minimum absolute atomic E-state index is 0.0170. The minimum Gasteiger partial charge on any atom is -0.287 e. The van der Waals surface area contributed by atoms with Crippen LogP contribution in [0, 0.1) is 4.91 Å². The summed E-state index contributed by atoms with van der Waals surface area (Å²) in [6.45, 7) is 0. The van der Waals surface area contributed by atoms with Crippen molar-refractivity contribution in [3.8, 4) is 5.69 Å². The third-order valence-electron chi connectivity index (χ3n) is 2.64. The van der Waals surface area contributed by atoms with Gasteiger partial charge in [0.25, 0.3) is 0 Å². The van der Waals surface area contributed by atoms with E-state index >= 15 is 0 Å². The molecular weight excluding hydrogens is 301 g/mol. The van der Waals surface area contributed by atoms with E-state index in [4.69, 9.17) is 0 Å². The predicted molar refractivity (Wildman–Crippen MR) is 61.8 cm³/mol. The zero-order valence-corrected chi connectivity index (χ0v) is 9.99. The van der Waals surface area contributed by atoms with Gasteiger partial charge in [0.05, 0.1) is 5.69 Å². The van der Waals surface area contributed by atoms with E-state index in [0.29, 0.717) is 4.68 Å². The van der Waals surface area contributed by atoms with Crippen molar-refractivity contribution in [3.63, 3.8) is 0 Å². The van der Waals surface area contributed by atoms with Gasteiger partial charge in [-0.2, -0.15) is 22.0 Å². The topological polar surface area (TPSA) is 67.2 Å². The number of nitroso groups, excluding NO2 is 1. The van der Waals surface area contributed by atoms with Gasteiger partial charge in [-0.3, -0.25) is 9.89 Å². The van der Waals surface area contributed by atoms with Crippen molar-refractivity contribution < 1.29 is 22.0 Å². The lowest BCUT2D eigenvalue weighted by atomic mass is 10.2. The van der Waals surface area contributed by atoms with Crippen LogP contribution < -0.4 is 5.56 Å². The highest BCUT2D eigenvalue weighted by molar-refractivity contribution is 5.46. The molecule has 0 amide bonds. The van der Waals surface area contributed by atoms with Crippen LogP contribution in [0.25, 0.3) is 5.69 Å². The summed E-state index contributed by atoms with van der Waals surface area (Å²) in [7, 11) is 0. The Morgan fingerprint density at radius 1 is 1.05 bits per heavy atom. The second kappa shape index (κ2) is 4.79. The molecule has 112 valence electrons. The van der Waals surface area contributed by atoms with Gasteiger partial charge < -0.3 is 0 Å². The van der Waals surface area contributed by atoms with Crippen LogP contribution in [-0.2, 0) is 5.92 Å². The molecule has 0 unspecified atom stereocenters. The third kappa shape index (κ3) is 2.32. The van der Waals surface area contributed by atoms with E-state index in [-0.39, 0.29) is 5.69 Å². The average Bonchev–Trinajstić information content (AvgIpc) is 2.76. The third-order valence-corrected chi connectivity index (χ3v) is 2.64. The molecule has 5 nitrogen and oxygen atoms in total. The van der Waals surface area contributed by atoms with Crippen LogP contribution in [0.3, 0.4) is 0 Å². The molecule has 0 atom stereocenters. The van der Waals surface area contributed by atoms with Gasteiger partial charge in [0.2, 0.25) is 5.69 Å². The number of halogens is 5. The Hall–Kier alpha value is -2.52. The first kappa shape index (κ1) is 14.9. The molecule has 0 aliphatic carbocycles. The van der Waals surface area contributed by atoms with E-state index in [1.807, 2.05) is 5.18 Å². The Labute approximate surface area is 113 Å². The first-order chi connectivity index (χ1) is 9.70. The van der Waals surface area contributed by atoms with Gasteiger partial charge in [0.15, 0.2) is 0 Å². The highest BCUT2D eigenvalue weighted by Crippen LogP contribution is 2.45. The van der Waals surface area contributed by atoms with Crippen LogP contribution in [0.2, 0.25) is 0 Å². The molecule has 0 bridgehead atoms. The summed E-state index contributed by atoms with van der Waals surface area (Å²) in [5.74, 6) is -5.41. The van der Waals surface area contributed by atoms with Crippen LogP contribution >= 0.6 is 0 Å². The normalized spacial score (nSPS) is 12.4. The molecule has 1 aromatic carbocycles. The van der Waals surface area contributed by atoms with E-state index in [9.17, 15) is 31.7 Å². The molecule has 0 saturated carbocycles. The van der Waals surface area contributed by atoms with Gasteiger partial charge in [-0.1, -0.05) is 18.2 Å². The van der Waals surface area contributed by atoms with Crippen LogP contribution in [0.4, 0.5) is 27.6 Å². The molecule has 1 N–H and O–H groups in total. The summed E-state index contributed by atoms with van der Waals surface area (Å²) in [6.07, 6.45) is -5.97. The summed E-state index contributed by atoms with van der Waals surface area (Å²) in [5, 5.41) is 3.61. The standard InChI is InChI=1S/C11H6F5N3O2/c12-10(13,11(14,15)16)8-7(18-21)9(20)19(17-8)6-4-2-1-3-5-6/h1-5,17H. The molecule has 0 aliphatic heterocycles. The number of aromatic amines is 1. The number of benzene rings is 1. The lowest BCUT2D eigenvalue weighted by Crippen LogP contribution is -2.34. The molecule has 21 heavy (non-hydrogen) atoms. The molecular formula is C11H6F5N3O2. The lowest BCUT2D eigenvalue weighted by molar-refractivity contribution is -0.290. The second-order valence-electron chi connectivity index (χ2n) is 3.97. The predicted octanol–water partition coefficient (Wildman–Crippen LogP) is 3.22. The summed E-state index contributed by atoms with van der Waals surface area (Å²) < 4.78 is 64.1. The largest absolute Gasteiger partial charge is 0.459 e. The maximum absolute atomic E-state index is 13.3. The van der Waals surface area contributed by atoms with Crippen molar-refractivity contribution in [2.45, 2.75) is 12.1 Å². The fraction of sp³-hybridized carbons (Fsp3) is 0.182. The molecule has 2 aromatic rings. The number of H-pyrrole nitrogens is 1. The second-order valence-corrected chi connectivity index (χ2v) is 3.97. The first-order valence-corrected chi connectivity index (χ1v) is 5.39. The number of nitrogens with zero attached hydrogens (tertiary/aromatic N) is 2. The maximum atomic E-state index is 13.3. The van der Waals surface area contributed by atoms with Crippen molar-refractivity contribution in [1.29, 1.82) is 0 Å². The maximum Gasteiger partial charge on any atom is 0.459 e. The van der Waals surface area contributed by atoms with Crippen molar-refractivity contribution in [2.75, 3.05) is 0 Å². The highest BCUT2D eigenvalue weighted by Gasteiger charge is 2.61. The zero-order valence-electron chi connectivity index (χ0n) is 9.99. The number of alkyl halides is 5. The van der Waals surface area contributed by atoms with E-state index in [1.165, 1.54) is 24.3 Å². The molecule has 0 aliphatic rings. The molecule has 2 rings (SSSR count). The van der Waals surface area contributed by atoms with Crippen molar-refractivity contribution >= 4 is 5.69 Å². The summed E-state index contributed by atoms with van der Waals surface area (Å²) in [6, 6.07) is 6.96. The lowest BCUT2D eigenvalue weighted by Gasteiger charge is -2.17. The number of rotatable bonds is 3. The van der Waals surface area contributed by atoms with Crippen molar-refractivity contribution in [1.82, 2.24) is 9.78 Å². The Bertz CT molecular complexity index is 718. The van der Waals surface area contributed by atoms with Gasteiger partial charge in [-0.15, -0.1) is 4.91 Å². The molecule has 0 spiro atoms. The van der Waals surface area contributed by atoms with Gasteiger partial charge in [0, 0.05) is 0 Å². The molecule has 1 heterocycles. The average molecular weight is 307 g/mol. The highest BCUT2D eigenvalue weighted by atomic mass is 19.4. The molecule has 10 heteroatoms. The van der Waals surface area contributed by atoms with Crippen LogP contribution in [0.5, 0.6) is 0 Å². The summed E-state index contributed by atoms with van der Waals surface area (Å²) in [5.41, 5.74) is -4.81. The van der Waals surface area contributed by atoms with Gasteiger partial charge in [-0.05, 0) is 17.3 Å². The van der Waals surface area contributed by atoms with Crippen LogP contribution in [-0.4, -0.2) is 16.0 Å². The van der Waals surface area contributed by atoms with Crippen molar-refractivity contribution in [3.05, 3.63) is 51.3 Å². The van der Waals surface area contributed by atoms with Crippen molar-refractivity contribution in [2.24, 2.45) is 5.18 Å². The van der Waals surface area contributed by atoms with Gasteiger partial charge >= 0.3 is 17.7 Å². The monoisotopic (exact) mass is 307 g/mol. The Balaban J connectivity index is 2.71. The van der Waals surface area contributed by atoms with Gasteiger partial charge in [0.1, 0.15) is 5.69 Å². The van der Waals surface area contributed by atoms with E-state index in [1.54, 1.807) is 11.2 Å². The van der Waals surface area contributed by atoms with Crippen LogP contribution in [0.15, 0.2) is 40.3 Å². The van der Waals surface area contributed by atoms with Gasteiger partial charge in [-0.25, -0.2) is 4.68 Å². The number of nitrogens with one attached hydrogen (secondary N) is 1. The minimum atomic E-state index is -5.97. The fourth-order valence-corrected chi connectivity index (χ4v) is 1.63. The van der Waals surface area contributed by atoms with Crippen LogP contribution in [0.1, 0.15) is 5.69 Å². The number of hydrogen-bond donors (Lipinski definition) is 1. The SMILES string of the molecule is O=Nc1c(C(F)(F)C(F)(F)F)[nH]n(-c2ccccc2)c1=O. The Morgan fingerprint density at radius 2 is 1.62 bits per heavy atom. The van der Waals surface area contributed by atoms with E-state index in [0.717, 1.165) is 0 Å². The molecule has 1 aromatic heterocycles. The number of hydrogen-bond acceptors (Lipinski definition) is 3. The molecule has 0 fully saturated rings. The smallest absolute Gasteiger partial charge is 0.287 e. The Kier molecular flexibility index (Phi) is 3.39.